The highest BCUT2D eigenvalue weighted by atomic mass is 32.2. The molecule has 3 fully saturated rings. The van der Waals surface area contributed by atoms with Gasteiger partial charge in [0, 0.05) is 45.5 Å². The second-order valence-electron chi connectivity index (χ2n) is 12.2. The number of hydrogen-bond acceptors (Lipinski definition) is 16. The van der Waals surface area contributed by atoms with Crippen molar-refractivity contribution in [3.05, 3.63) is 11.9 Å². The lowest BCUT2D eigenvalue weighted by molar-refractivity contribution is -0.310. The van der Waals surface area contributed by atoms with Crippen LogP contribution in [0.2, 0.25) is 0 Å². The molecule has 3 amide bonds. The molecule has 0 bridgehead atoms. The van der Waals surface area contributed by atoms with Crippen LogP contribution in [0.15, 0.2) is 6.20 Å². The molecule has 276 valence electrons. The second kappa shape index (κ2) is 16.0. The van der Waals surface area contributed by atoms with E-state index in [1.807, 2.05) is 0 Å². The third-order valence-corrected chi connectivity index (χ3v) is 9.31. The Kier molecular flexibility index (Phi) is 12.3. The molecule has 0 radical (unpaired) electrons. The number of urea groups is 1. The Morgan fingerprint density at radius 1 is 1.00 bits per heavy atom. The van der Waals surface area contributed by atoms with Crippen LogP contribution in [0, 0.1) is 0 Å². The summed E-state index contributed by atoms with van der Waals surface area (Å²) in [5.41, 5.74) is 0.325. The van der Waals surface area contributed by atoms with Crippen LogP contribution in [0.4, 0.5) is 4.79 Å². The Hall–Kier alpha value is -4.50. The van der Waals surface area contributed by atoms with Gasteiger partial charge < -0.3 is 44.2 Å². The Morgan fingerprint density at radius 3 is 2.26 bits per heavy atom. The third kappa shape index (κ3) is 9.18. The summed E-state index contributed by atoms with van der Waals surface area (Å²) in [6.07, 6.45) is -4.69. The van der Waals surface area contributed by atoms with Crippen LogP contribution in [0.5, 0.6) is 0 Å². The standard InChI is InChI=1S/C29H40N6O14S/c1-13(36)44-12-18-20(46-14(2)37)21(47-15(3)38)22(48-16(4)39)27(49-18)45-11-17-10-34(33-32-17)9-7-8-30-24(40)23-29(5,6)50-25-19(26(41)42)31-28(43)35(23)25/h10,18-23,25,27H,7-9,11-12H2,1-6H3,(H,30,40)(H,31,43)(H,41,42)/t18-,19+,20-,21+,22-,23+,25-,27-/m1/s1. The van der Waals surface area contributed by atoms with E-state index >= 15 is 0 Å². The molecule has 50 heavy (non-hydrogen) atoms. The molecule has 1 aromatic heterocycles. The fraction of sp³-hybridized carbons (Fsp3) is 0.690. The lowest BCUT2D eigenvalue weighted by Crippen LogP contribution is -2.62. The van der Waals surface area contributed by atoms with Crippen LogP contribution in [-0.4, -0.2) is 133 Å². The van der Waals surface area contributed by atoms with Crippen LogP contribution in [-0.2, 0) is 70.3 Å². The van der Waals surface area contributed by atoms with Crippen molar-refractivity contribution >= 4 is 53.5 Å². The van der Waals surface area contributed by atoms with Gasteiger partial charge in [0.15, 0.2) is 30.6 Å². The summed E-state index contributed by atoms with van der Waals surface area (Å²) in [7, 11) is 0. The largest absolute Gasteiger partial charge is 0.480 e. The molecule has 0 saturated carbocycles. The number of rotatable bonds is 14. The molecule has 3 aliphatic rings. The molecule has 3 N–H and O–H groups in total. The zero-order valence-corrected chi connectivity index (χ0v) is 29.0. The van der Waals surface area contributed by atoms with Crippen molar-refractivity contribution in [1.82, 2.24) is 30.5 Å². The van der Waals surface area contributed by atoms with E-state index < -0.39 is 101 Å². The summed E-state index contributed by atoms with van der Waals surface area (Å²) in [6.45, 7) is 7.98. The minimum atomic E-state index is -1.40. The first-order valence-corrected chi connectivity index (χ1v) is 16.4. The Labute approximate surface area is 290 Å². The number of amides is 3. The highest BCUT2D eigenvalue weighted by Gasteiger charge is 2.60. The number of carbonyl (C=O) groups excluding carboxylic acids is 6. The van der Waals surface area contributed by atoms with Crippen molar-refractivity contribution in [2.24, 2.45) is 0 Å². The Morgan fingerprint density at radius 2 is 1.64 bits per heavy atom. The lowest BCUT2D eigenvalue weighted by atomic mass is 9.98. The highest BCUT2D eigenvalue weighted by molar-refractivity contribution is 8.01. The van der Waals surface area contributed by atoms with Crippen molar-refractivity contribution in [3.8, 4) is 0 Å². The molecule has 20 nitrogen and oxygen atoms in total. The van der Waals surface area contributed by atoms with Crippen molar-refractivity contribution in [3.63, 3.8) is 0 Å². The number of aryl methyl sites for hydroxylation is 1. The zero-order valence-electron chi connectivity index (χ0n) is 28.2. The predicted molar refractivity (Wildman–Crippen MR) is 165 cm³/mol. The van der Waals surface area contributed by atoms with E-state index in [1.54, 1.807) is 20.0 Å². The second-order valence-corrected chi connectivity index (χ2v) is 14.0. The van der Waals surface area contributed by atoms with E-state index in [2.05, 4.69) is 20.9 Å². The number of hydrogen-bond donors (Lipinski definition) is 3. The minimum absolute atomic E-state index is 0.217. The SMILES string of the molecule is CC(=O)OC[C@H]1O[C@@H](OCc2cn(CCCNC(=O)[C@@H]3N4C(=O)N[C@H](C(=O)O)[C@H]4SC3(C)C)nn2)[C@H](OC(C)=O)[C@@H](OC(C)=O)[C@@H]1OC(C)=O. The van der Waals surface area contributed by atoms with Crippen LogP contribution < -0.4 is 10.6 Å². The number of carbonyl (C=O) groups is 7. The Bertz CT molecular complexity index is 1490. The minimum Gasteiger partial charge on any atom is -0.480 e. The maximum atomic E-state index is 13.2. The molecular formula is C29H40N6O14S. The van der Waals surface area contributed by atoms with Gasteiger partial charge in [-0.2, -0.15) is 0 Å². The van der Waals surface area contributed by atoms with Gasteiger partial charge in [-0.3, -0.25) is 33.6 Å². The molecular weight excluding hydrogens is 688 g/mol. The van der Waals surface area contributed by atoms with Gasteiger partial charge in [0.05, 0.1) is 12.8 Å². The number of carboxylic acids is 1. The van der Waals surface area contributed by atoms with Gasteiger partial charge in [-0.05, 0) is 20.3 Å². The van der Waals surface area contributed by atoms with Crippen LogP contribution in [0.3, 0.4) is 0 Å². The maximum absolute atomic E-state index is 13.2. The molecule has 21 heteroatoms. The molecule has 8 atom stereocenters. The fourth-order valence-electron chi connectivity index (χ4n) is 5.83. The molecule has 0 spiro atoms. The summed E-state index contributed by atoms with van der Waals surface area (Å²) < 4.78 is 33.7. The van der Waals surface area contributed by atoms with E-state index in [4.69, 9.17) is 28.4 Å². The first-order valence-electron chi connectivity index (χ1n) is 15.6. The summed E-state index contributed by atoms with van der Waals surface area (Å²) >= 11 is 1.25. The van der Waals surface area contributed by atoms with E-state index in [1.165, 1.54) is 21.3 Å². The number of nitrogens with one attached hydrogen (secondary N) is 2. The average molecular weight is 729 g/mol. The molecule has 0 aromatic carbocycles. The van der Waals surface area contributed by atoms with Gasteiger partial charge in [0.25, 0.3) is 0 Å². The fourth-order valence-corrected chi connectivity index (χ4v) is 7.46. The molecule has 0 unspecified atom stereocenters. The van der Waals surface area contributed by atoms with E-state index in [0.717, 1.165) is 27.7 Å². The van der Waals surface area contributed by atoms with Gasteiger partial charge in [0.1, 0.15) is 29.8 Å². The number of thioether (sulfide) groups is 1. The van der Waals surface area contributed by atoms with E-state index in [-0.39, 0.29) is 13.2 Å². The van der Waals surface area contributed by atoms with Crippen molar-refractivity contribution in [1.29, 1.82) is 0 Å². The number of nitrogens with zero attached hydrogens (tertiary/aromatic N) is 4. The number of aliphatic carboxylic acids is 1. The summed E-state index contributed by atoms with van der Waals surface area (Å²) in [5, 5.41) is 22.1. The van der Waals surface area contributed by atoms with Gasteiger partial charge in [-0.1, -0.05) is 5.21 Å². The molecule has 4 rings (SSSR count). The van der Waals surface area contributed by atoms with Crippen LogP contribution in [0.25, 0.3) is 0 Å². The number of esters is 4. The van der Waals surface area contributed by atoms with Gasteiger partial charge in [-0.25, -0.2) is 9.59 Å². The van der Waals surface area contributed by atoms with Gasteiger partial charge >= 0.3 is 35.9 Å². The molecule has 1 aromatic rings. The van der Waals surface area contributed by atoms with E-state index in [9.17, 15) is 38.7 Å². The maximum Gasteiger partial charge on any atom is 0.329 e. The number of fused-ring (bicyclic) bond motifs is 1. The summed E-state index contributed by atoms with van der Waals surface area (Å²) in [4.78, 5) is 86.1. The monoisotopic (exact) mass is 728 g/mol. The molecule has 3 saturated heterocycles. The lowest BCUT2D eigenvalue weighted by Gasteiger charge is -2.43. The average Bonchev–Trinajstić information content (AvgIpc) is 3.67. The number of carboxylic acid groups (broad SMARTS) is 1. The number of ether oxygens (including phenoxy) is 6. The normalized spacial score (nSPS) is 28.2. The van der Waals surface area contributed by atoms with Crippen molar-refractivity contribution < 1.29 is 67.1 Å². The molecule has 0 aliphatic carbocycles. The summed E-state index contributed by atoms with van der Waals surface area (Å²) in [6, 6.07) is -2.61. The molecule has 3 aliphatic heterocycles. The van der Waals surface area contributed by atoms with Crippen LogP contribution >= 0.6 is 11.8 Å². The quantitative estimate of drug-likeness (QED) is 0.119. The van der Waals surface area contributed by atoms with Gasteiger partial charge in [0.2, 0.25) is 5.91 Å². The predicted octanol–water partition coefficient (Wildman–Crippen LogP) is -0.917. The van der Waals surface area contributed by atoms with Crippen LogP contribution in [0.1, 0.15) is 53.7 Å². The number of aromatic nitrogens is 3. The smallest absolute Gasteiger partial charge is 0.329 e. The van der Waals surface area contributed by atoms with Gasteiger partial charge in [-0.15, -0.1) is 16.9 Å². The highest BCUT2D eigenvalue weighted by Crippen LogP contribution is 2.47. The Balaban J connectivity index is 1.36. The van der Waals surface area contributed by atoms with Crippen molar-refractivity contribution in [2.45, 2.75) is 114 Å². The van der Waals surface area contributed by atoms with Crippen molar-refractivity contribution in [2.75, 3.05) is 13.2 Å². The third-order valence-electron chi connectivity index (χ3n) is 7.74. The first kappa shape index (κ1) is 38.3. The zero-order chi connectivity index (χ0) is 36.9. The first-order chi connectivity index (χ1) is 23.5. The van der Waals surface area contributed by atoms with E-state index in [0.29, 0.717) is 18.7 Å². The molecule has 4 heterocycles. The summed E-state index contributed by atoms with van der Waals surface area (Å²) in [5.74, 6) is -4.56. The topological polar surface area (TPSA) is 253 Å².